The van der Waals surface area contributed by atoms with Crippen LogP contribution in [0.5, 0.6) is 11.5 Å². The Kier molecular flexibility index (Phi) is 6.69. The van der Waals surface area contributed by atoms with Crippen LogP contribution in [0.15, 0.2) is 77.3 Å². The number of anilines is 1. The molecule has 1 aromatic heterocycles. The predicted molar refractivity (Wildman–Crippen MR) is 122 cm³/mol. The van der Waals surface area contributed by atoms with Gasteiger partial charge >= 0.3 is 0 Å². The first kappa shape index (κ1) is 22.1. The first-order valence-corrected chi connectivity index (χ1v) is 10.4. The number of carbonyl (C=O) groups excluding carboxylic acids is 1. The fraction of sp³-hybridized carbons (Fsp3) is 0.154. The van der Waals surface area contributed by atoms with Gasteiger partial charge < -0.3 is 19.3 Å². The Balaban J connectivity index is 1.33. The maximum Gasteiger partial charge on any atom is 0.255 e. The fourth-order valence-corrected chi connectivity index (χ4v) is 3.18. The van der Waals surface area contributed by atoms with E-state index in [2.05, 4.69) is 10.5 Å². The van der Waals surface area contributed by atoms with E-state index >= 15 is 0 Å². The summed E-state index contributed by atoms with van der Waals surface area (Å²) in [5.41, 5.74) is 3.67. The number of aryl methyl sites for hydroxylation is 2. The molecule has 0 fully saturated rings. The predicted octanol–water partition coefficient (Wildman–Crippen LogP) is 5.84. The second kappa shape index (κ2) is 9.99. The number of ether oxygens (including phenoxy) is 2. The molecule has 0 aliphatic heterocycles. The molecule has 0 aliphatic carbocycles. The number of halogens is 1. The van der Waals surface area contributed by atoms with Crippen LogP contribution in [0.1, 0.15) is 32.9 Å². The molecule has 4 rings (SSSR count). The van der Waals surface area contributed by atoms with Crippen LogP contribution in [0.2, 0.25) is 0 Å². The third-order valence-corrected chi connectivity index (χ3v) is 5.09. The average Bonchev–Trinajstić information content (AvgIpc) is 3.15. The van der Waals surface area contributed by atoms with Gasteiger partial charge in [0.1, 0.15) is 36.3 Å². The molecule has 1 heterocycles. The monoisotopic (exact) mass is 446 g/mol. The van der Waals surface area contributed by atoms with Crippen molar-refractivity contribution >= 4 is 11.6 Å². The number of aromatic nitrogens is 1. The van der Waals surface area contributed by atoms with Crippen LogP contribution in [0, 0.1) is 19.7 Å². The molecular weight excluding hydrogens is 423 g/mol. The zero-order valence-electron chi connectivity index (χ0n) is 18.3. The molecule has 0 atom stereocenters. The van der Waals surface area contributed by atoms with E-state index in [1.807, 2.05) is 13.8 Å². The molecule has 1 amide bonds. The Labute approximate surface area is 190 Å². The lowest BCUT2D eigenvalue weighted by Crippen LogP contribution is -2.11. The summed E-state index contributed by atoms with van der Waals surface area (Å²) < 4.78 is 29.7. The van der Waals surface area contributed by atoms with Crippen molar-refractivity contribution in [2.45, 2.75) is 27.1 Å². The van der Waals surface area contributed by atoms with Crippen LogP contribution in [0.3, 0.4) is 0 Å². The van der Waals surface area contributed by atoms with E-state index in [-0.39, 0.29) is 11.7 Å². The Morgan fingerprint density at radius 1 is 0.939 bits per heavy atom. The molecule has 0 saturated carbocycles. The third-order valence-electron chi connectivity index (χ3n) is 5.09. The minimum Gasteiger partial charge on any atom is -0.489 e. The zero-order valence-corrected chi connectivity index (χ0v) is 18.3. The summed E-state index contributed by atoms with van der Waals surface area (Å²) in [7, 11) is 0. The van der Waals surface area contributed by atoms with Crippen molar-refractivity contribution in [3.8, 4) is 11.5 Å². The SMILES string of the molecule is Cc1noc(C)c1COc1ccc(C(=O)Nc2cccc(OCc3ccc(F)cc3)c2)cc1. The van der Waals surface area contributed by atoms with Gasteiger partial charge in [0.2, 0.25) is 0 Å². The molecule has 33 heavy (non-hydrogen) atoms. The summed E-state index contributed by atoms with van der Waals surface area (Å²) in [5, 5.41) is 6.77. The molecule has 0 spiro atoms. The van der Waals surface area contributed by atoms with Crippen LogP contribution in [-0.4, -0.2) is 11.1 Å². The van der Waals surface area contributed by atoms with E-state index in [1.54, 1.807) is 60.7 Å². The summed E-state index contributed by atoms with van der Waals surface area (Å²) >= 11 is 0. The zero-order chi connectivity index (χ0) is 23.2. The van der Waals surface area contributed by atoms with Crippen LogP contribution in [0.25, 0.3) is 0 Å². The van der Waals surface area contributed by atoms with Gasteiger partial charge in [-0.15, -0.1) is 0 Å². The Hall–Kier alpha value is -4.13. The van der Waals surface area contributed by atoms with E-state index in [0.717, 1.165) is 22.6 Å². The minimum atomic E-state index is -0.288. The summed E-state index contributed by atoms with van der Waals surface area (Å²) in [4.78, 5) is 12.6. The highest BCUT2D eigenvalue weighted by Crippen LogP contribution is 2.21. The van der Waals surface area contributed by atoms with Crippen LogP contribution in [-0.2, 0) is 13.2 Å². The van der Waals surface area contributed by atoms with Crippen LogP contribution < -0.4 is 14.8 Å². The summed E-state index contributed by atoms with van der Waals surface area (Å²) in [5.74, 6) is 1.43. The first-order chi connectivity index (χ1) is 16.0. The van der Waals surface area contributed by atoms with E-state index in [0.29, 0.717) is 36.0 Å². The highest BCUT2D eigenvalue weighted by atomic mass is 19.1. The highest BCUT2D eigenvalue weighted by molar-refractivity contribution is 6.04. The van der Waals surface area contributed by atoms with E-state index < -0.39 is 0 Å². The quantitative estimate of drug-likeness (QED) is 0.368. The van der Waals surface area contributed by atoms with Gasteiger partial charge in [-0.25, -0.2) is 4.39 Å². The number of benzene rings is 3. The standard InChI is InChI=1S/C26H23FN2O4/c1-17-25(18(2)33-29-17)16-32-23-12-8-20(9-13-23)26(30)28-22-4-3-5-24(14-22)31-15-19-6-10-21(27)11-7-19/h3-14H,15-16H2,1-2H3,(H,28,30). The largest absolute Gasteiger partial charge is 0.489 e. The first-order valence-electron chi connectivity index (χ1n) is 10.4. The number of carbonyl (C=O) groups is 1. The summed E-state index contributed by atoms with van der Waals surface area (Å²) in [6.45, 7) is 4.35. The lowest BCUT2D eigenvalue weighted by molar-refractivity contribution is 0.102. The van der Waals surface area contributed by atoms with E-state index in [4.69, 9.17) is 14.0 Å². The van der Waals surface area contributed by atoms with Gasteiger partial charge in [-0.05, 0) is 67.9 Å². The molecule has 1 N–H and O–H groups in total. The number of rotatable bonds is 8. The van der Waals surface area contributed by atoms with Gasteiger partial charge in [0.15, 0.2) is 0 Å². The molecule has 168 valence electrons. The molecule has 0 unspecified atom stereocenters. The Bertz CT molecular complexity index is 1210. The molecule has 0 aliphatic rings. The second-order valence-corrected chi connectivity index (χ2v) is 7.51. The van der Waals surface area contributed by atoms with Crippen molar-refractivity contribution in [2.75, 3.05) is 5.32 Å². The molecule has 3 aromatic carbocycles. The lowest BCUT2D eigenvalue weighted by atomic mass is 10.2. The highest BCUT2D eigenvalue weighted by Gasteiger charge is 2.11. The number of hydrogen-bond acceptors (Lipinski definition) is 5. The van der Waals surface area contributed by atoms with Gasteiger partial charge in [-0.1, -0.05) is 23.4 Å². The number of nitrogens with one attached hydrogen (secondary N) is 1. The van der Waals surface area contributed by atoms with Crippen molar-refractivity contribution < 1.29 is 23.2 Å². The maximum absolute atomic E-state index is 13.0. The van der Waals surface area contributed by atoms with Crippen molar-refractivity contribution in [1.29, 1.82) is 0 Å². The van der Waals surface area contributed by atoms with Gasteiger partial charge in [0.05, 0.1) is 11.3 Å². The molecular formula is C26H23FN2O4. The van der Waals surface area contributed by atoms with Gasteiger partial charge in [0, 0.05) is 17.3 Å². The third kappa shape index (κ3) is 5.77. The smallest absolute Gasteiger partial charge is 0.255 e. The summed E-state index contributed by atoms with van der Waals surface area (Å²) in [6, 6.07) is 20.1. The van der Waals surface area contributed by atoms with Crippen molar-refractivity contribution in [1.82, 2.24) is 5.16 Å². The fourth-order valence-electron chi connectivity index (χ4n) is 3.18. The van der Waals surface area contributed by atoms with Crippen LogP contribution >= 0.6 is 0 Å². The van der Waals surface area contributed by atoms with Crippen molar-refractivity contribution in [2.24, 2.45) is 0 Å². The van der Waals surface area contributed by atoms with Crippen LogP contribution in [0.4, 0.5) is 10.1 Å². The van der Waals surface area contributed by atoms with Gasteiger partial charge in [-0.2, -0.15) is 0 Å². The minimum absolute atomic E-state index is 0.247. The summed E-state index contributed by atoms with van der Waals surface area (Å²) in [6.07, 6.45) is 0. The molecule has 7 heteroatoms. The second-order valence-electron chi connectivity index (χ2n) is 7.51. The molecule has 4 aromatic rings. The number of hydrogen-bond donors (Lipinski definition) is 1. The van der Waals surface area contributed by atoms with E-state index in [1.165, 1.54) is 12.1 Å². The molecule has 6 nitrogen and oxygen atoms in total. The molecule has 0 radical (unpaired) electrons. The average molecular weight is 446 g/mol. The van der Waals surface area contributed by atoms with E-state index in [9.17, 15) is 9.18 Å². The molecule has 0 bridgehead atoms. The van der Waals surface area contributed by atoms with Crippen molar-refractivity contribution in [3.63, 3.8) is 0 Å². The van der Waals surface area contributed by atoms with Gasteiger partial charge in [0.25, 0.3) is 5.91 Å². The Morgan fingerprint density at radius 3 is 2.36 bits per heavy atom. The van der Waals surface area contributed by atoms with Crippen molar-refractivity contribution in [3.05, 3.63) is 107 Å². The molecule has 0 saturated heterocycles. The number of amides is 1. The normalized spacial score (nSPS) is 10.6. The topological polar surface area (TPSA) is 73.6 Å². The maximum atomic E-state index is 13.0. The number of nitrogens with zero attached hydrogens (tertiary/aromatic N) is 1. The lowest BCUT2D eigenvalue weighted by Gasteiger charge is -2.10. The van der Waals surface area contributed by atoms with Gasteiger partial charge in [-0.3, -0.25) is 4.79 Å². The Morgan fingerprint density at radius 2 is 1.67 bits per heavy atom.